The monoisotopic (exact) mass is 149 g/mol. The molecular formula is C9H11NO. The fourth-order valence-corrected chi connectivity index (χ4v) is 1.31. The fraction of sp³-hybridized carbons (Fsp3) is 0.333. The molecule has 11 heavy (non-hydrogen) atoms. The summed E-state index contributed by atoms with van der Waals surface area (Å²) in [6, 6.07) is 5.16. The molecule has 0 unspecified atom stereocenters. The van der Waals surface area contributed by atoms with E-state index >= 15 is 0 Å². The third-order valence-electron chi connectivity index (χ3n) is 2.09. The van der Waals surface area contributed by atoms with Crippen molar-refractivity contribution >= 4 is 5.69 Å². The van der Waals surface area contributed by atoms with Crippen LogP contribution in [0.3, 0.4) is 0 Å². The Morgan fingerprint density at radius 1 is 1.36 bits per heavy atom. The molecule has 1 aliphatic rings. The first-order chi connectivity index (χ1) is 5.27. The van der Waals surface area contributed by atoms with Crippen molar-refractivity contribution in [2.45, 2.75) is 18.8 Å². The normalized spacial score (nSPS) is 16.7. The smallest absolute Gasteiger partial charge is 0.116 e. The molecule has 1 aromatic rings. The van der Waals surface area contributed by atoms with Crippen LogP contribution in [-0.4, -0.2) is 5.11 Å². The molecule has 0 radical (unpaired) electrons. The van der Waals surface area contributed by atoms with Crippen LogP contribution < -0.4 is 5.73 Å². The Hall–Kier alpha value is -1.18. The van der Waals surface area contributed by atoms with Crippen LogP contribution in [0.1, 0.15) is 24.3 Å². The van der Waals surface area contributed by atoms with Crippen molar-refractivity contribution in [1.29, 1.82) is 0 Å². The van der Waals surface area contributed by atoms with Crippen LogP contribution in [0.15, 0.2) is 18.2 Å². The molecule has 1 aliphatic carbocycles. The number of hydrogen-bond donors (Lipinski definition) is 2. The van der Waals surface area contributed by atoms with Crippen molar-refractivity contribution in [3.8, 4) is 5.75 Å². The summed E-state index contributed by atoms with van der Waals surface area (Å²) >= 11 is 0. The molecule has 58 valence electrons. The number of anilines is 1. The zero-order valence-corrected chi connectivity index (χ0v) is 6.25. The predicted octanol–water partition coefficient (Wildman–Crippen LogP) is 1.85. The molecule has 0 spiro atoms. The van der Waals surface area contributed by atoms with Gasteiger partial charge in [0.2, 0.25) is 0 Å². The minimum absolute atomic E-state index is 0.320. The van der Waals surface area contributed by atoms with Crippen LogP contribution in [-0.2, 0) is 0 Å². The first-order valence-corrected chi connectivity index (χ1v) is 3.86. The standard InChI is InChI=1S/C9H11NO/c10-9-4-3-7(11)5-8(9)6-1-2-6/h3-6,11H,1-2,10H2. The maximum absolute atomic E-state index is 9.16. The number of nitrogen functional groups attached to an aromatic ring is 1. The average Bonchev–Trinajstić information content (AvgIpc) is 2.76. The number of nitrogens with two attached hydrogens (primary N) is 1. The average molecular weight is 149 g/mol. The van der Waals surface area contributed by atoms with Crippen molar-refractivity contribution in [3.63, 3.8) is 0 Å². The van der Waals surface area contributed by atoms with Crippen molar-refractivity contribution in [1.82, 2.24) is 0 Å². The number of benzene rings is 1. The van der Waals surface area contributed by atoms with Gasteiger partial charge in [-0.05, 0) is 42.5 Å². The number of phenols is 1. The van der Waals surface area contributed by atoms with Gasteiger partial charge < -0.3 is 10.8 Å². The Morgan fingerprint density at radius 3 is 2.73 bits per heavy atom. The van der Waals surface area contributed by atoms with Gasteiger partial charge in [0.25, 0.3) is 0 Å². The molecule has 1 aromatic carbocycles. The molecule has 0 aliphatic heterocycles. The summed E-state index contributed by atoms with van der Waals surface area (Å²) in [4.78, 5) is 0. The second-order valence-corrected chi connectivity index (χ2v) is 3.09. The fourth-order valence-electron chi connectivity index (χ4n) is 1.31. The van der Waals surface area contributed by atoms with E-state index in [4.69, 9.17) is 10.8 Å². The second-order valence-electron chi connectivity index (χ2n) is 3.09. The molecule has 2 heteroatoms. The highest BCUT2D eigenvalue weighted by Gasteiger charge is 2.25. The lowest BCUT2D eigenvalue weighted by Crippen LogP contribution is -1.90. The van der Waals surface area contributed by atoms with Gasteiger partial charge in [0.1, 0.15) is 5.75 Å². The minimum atomic E-state index is 0.320. The maximum Gasteiger partial charge on any atom is 0.116 e. The van der Waals surface area contributed by atoms with Crippen LogP contribution in [0.4, 0.5) is 5.69 Å². The van der Waals surface area contributed by atoms with Crippen molar-refractivity contribution < 1.29 is 5.11 Å². The summed E-state index contributed by atoms with van der Waals surface area (Å²) in [7, 11) is 0. The lowest BCUT2D eigenvalue weighted by atomic mass is 10.1. The van der Waals surface area contributed by atoms with E-state index < -0.39 is 0 Å². The van der Waals surface area contributed by atoms with E-state index in [0.717, 1.165) is 11.3 Å². The first-order valence-electron chi connectivity index (χ1n) is 3.86. The Bertz CT molecular complexity index is 279. The van der Waals surface area contributed by atoms with Gasteiger partial charge in [-0.3, -0.25) is 0 Å². The summed E-state index contributed by atoms with van der Waals surface area (Å²) in [6.45, 7) is 0. The highest BCUT2D eigenvalue weighted by molar-refractivity contribution is 5.53. The molecule has 0 bridgehead atoms. The van der Waals surface area contributed by atoms with Crippen LogP contribution in [0.2, 0.25) is 0 Å². The zero-order chi connectivity index (χ0) is 7.84. The Morgan fingerprint density at radius 2 is 2.09 bits per heavy atom. The van der Waals surface area contributed by atoms with Gasteiger partial charge in [0.05, 0.1) is 0 Å². The summed E-state index contributed by atoms with van der Waals surface area (Å²) in [5.74, 6) is 0.934. The van der Waals surface area contributed by atoms with Gasteiger partial charge in [-0.1, -0.05) is 0 Å². The molecule has 0 aromatic heterocycles. The predicted molar refractivity (Wildman–Crippen MR) is 44.5 cm³/mol. The van der Waals surface area contributed by atoms with Crippen LogP contribution in [0.25, 0.3) is 0 Å². The second kappa shape index (κ2) is 2.16. The number of rotatable bonds is 1. The van der Waals surface area contributed by atoms with Crippen molar-refractivity contribution in [2.24, 2.45) is 0 Å². The minimum Gasteiger partial charge on any atom is -0.508 e. The molecule has 0 heterocycles. The topological polar surface area (TPSA) is 46.2 Å². The quantitative estimate of drug-likeness (QED) is 0.473. The summed E-state index contributed by atoms with van der Waals surface area (Å²) in [5.41, 5.74) is 7.65. The van der Waals surface area contributed by atoms with Crippen LogP contribution in [0.5, 0.6) is 5.75 Å². The molecule has 3 N–H and O–H groups in total. The van der Waals surface area contributed by atoms with E-state index in [1.165, 1.54) is 12.8 Å². The highest BCUT2D eigenvalue weighted by atomic mass is 16.3. The van der Waals surface area contributed by atoms with Crippen molar-refractivity contribution in [2.75, 3.05) is 5.73 Å². The maximum atomic E-state index is 9.16. The van der Waals surface area contributed by atoms with E-state index in [1.54, 1.807) is 18.2 Å². The highest BCUT2D eigenvalue weighted by Crippen LogP contribution is 2.43. The molecule has 1 saturated carbocycles. The molecule has 1 fully saturated rings. The Balaban J connectivity index is 2.42. The van der Waals surface area contributed by atoms with Gasteiger partial charge in [0.15, 0.2) is 0 Å². The number of hydrogen-bond acceptors (Lipinski definition) is 2. The zero-order valence-electron chi connectivity index (χ0n) is 6.25. The molecule has 0 saturated heterocycles. The molecule has 0 atom stereocenters. The van der Waals surface area contributed by atoms with Crippen LogP contribution >= 0.6 is 0 Å². The Kier molecular flexibility index (Phi) is 1.28. The third kappa shape index (κ3) is 1.16. The lowest BCUT2D eigenvalue weighted by Gasteiger charge is -2.02. The first kappa shape index (κ1) is 6.53. The molecule has 0 amide bonds. The third-order valence-corrected chi connectivity index (χ3v) is 2.09. The number of aromatic hydroxyl groups is 1. The lowest BCUT2D eigenvalue weighted by molar-refractivity contribution is 0.474. The summed E-state index contributed by atoms with van der Waals surface area (Å²) < 4.78 is 0. The SMILES string of the molecule is Nc1ccc(O)cc1C1CC1. The Labute approximate surface area is 65.7 Å². The van der Waals surface area contributed by atoms with E-state index in [-0.39, 0.29) is 0 Å². The molecule has 2 nitrogen and oxygen atoms in total. The van der Waals surface area contributed by atoms with E-state index in [2.05, 4.69) is 0 Å². The van der Waals surface area contributed by atoms with Crippen molar-refractivity contribution in [3.05, 3.63) is 23.8 Å². The van der Waals surface area contributed by atoms with E-state index in [0.29, 0.717) is 11.7 Å². The van der Waals surface area contributed by atoms with Gasteiger partial charge in [-0.15, -0.1) is 0 Å². The van der Waals surface area contributed by atoms with Crippen LogP contribution in [0, 0.1) is 0 Å². The summed E-state index contributed by atoms with van der Waals surface area (Å²) in [6.07, 6.45) is 2.43. The van der Waals surface area contributed by atoms with E-state index in [9.17, 15) is 0 Å². The largest absolute Gasteiger partial charge is 0.508 e. The van der Waals surface area contributed by atoms with E-state index in [1.807, 2.05) is 0 Å². The van der Waals surface area contributed by atoms with Gasteiger partial charge >= 0.3 is 0 Å². The number of phenolic OH excluding ortho intramolecular Hbond substituents is 1. The van der Waals surface area contributed by atoms with Gasteiger partial charge in [0, 0.05) is 5.69 Å². The molecular weight excluding hydrogens is 138 g/mol. The van der Waals surface area contributed by atoms with Gasteiger partial charge in [-0.2, -0.15) is 0 Å². The summed E-state index contributed by atoms with van der Waals surface area (Å²) in [5, 5.41) is 9.16. The van der Waals surface area contributed by atoms with Gasteiger partial charge in [-0.25, -0.2) is 0 Å². The molecule has 2 rings (SSSR count).